The van der Waals surface area contributed by atoms with Crippen LogP contribution in [-0.4, -0.2) is 52.3 Å². The average molecular weight is 382 g/mol. The number of likely N-dealkylation sites (tertiary alicyclic amines) is 1. The van der Waals surface area contributed by atoms with Crippen LogP contribution >= 0.6 is 12.4 Å². The summed E-state index contributed by atoms with van der Waals surface area (Å²) in [5.41, 5.74) is 3.05. The monoisotopic (exact) mass is 381 g/mol. The first-order valence-corrected chi connectivity index (χ1v) is 8.89. The normalized spacial score (nSPS) is 17.4. The van der Waals surface area contributed by atoms with E-state index in [4.69, 9.17) is 0 Å². The van der Waals surface area contributed by atoms with Gasteiger partial charge >= 0.3 is 0 Å². The largest absolute Gasteiger partial charge is 0.342 e. The fourth-order valence-corrected chi connectivity index (χ4v) is 3.92. The van der Waals surface area contributed by atoms with E-state index >= 15 is 0 Å². The third kappa shape index (κ3) is 3.78. The summed E-state index contributed by atoms with van der Waals surface area (Å²) in [5, 5.41) is 6.53. The van der Waals surface area contributed by atoms with Crippen molar-refractivity contribution < 1.29 is 4.79 Å². The summed E-state index contributed by atoms with van der Waals surface area (Å²) in [7, 11) is 3.72. The molecule has 1 unspecified atom stereocenters. The number of aromatic nitrogens is 3. The quantitative estimate of drug-likeness (QED) is 0.836. The van der Waals surface area contributed by atoms with Crippen molar-refractivity contribution in [3.63, 3.8) is 0 Å². The van der Waals surface area contributed by atoms with Gasteiger partial charge < -0.3 is 10.2 Å². The van der Waals surface area contributed by atoms with Gasteiger partial charge in [-0.3, -0.25) is 19.4 Å². The number of rotatable bonds is 4. The van der Waals surface area contributed by atoms with Crippen molar-refractivity contribution in [3.8, 4) is 0 Å². The summed E-state index contributed by atoms with van der Waals surface area (Å²) in [6.07, 6.45) is 2.52. The number of piperidine rings is 1. The van der Waals surface area contributed by atoms with Gasteiger partial charge in [0.1, 0.15) is 0 Å². The molecular weight excluding hydrogens is 354 g/mol. The van der Waals surface area contributed by atoms with Crippen LogP contribution in [0.25, 0.3) is 11.0 Å². The average Bonchev–Trinajstić information content (AvgIpc) is 2.85. The molecule has 3 heterocycles. The fourth-order valence-electron chi connectivity index (χ4n) is 3.92. The fraction of sp³-hybridized carbons (Fsp3) is 0.611. The first-order valence-electron chi connectivity index (χ1n) is 8.89. The molecule has 8 heteroatoms. The van der Waals surface area contributed by atoms with Crippen molar-refractivity contribution >= 4 is 29.3 Å². The number of carbonyl (C=O) groups is 1. The predicted octanol–water partition coefficient (Wildman–Crippen LogP) is 1.30. The minimum atomic E-state index is -0.150. The Hall–Kier alpha value is -1.86. The highest BCUT2D eigenvalue weighted by atomic mass is 35.5. The number of H-pyrrole nitrogens is 1. The molecule has 0 aromatic carbocycles. The van der Waals surface area contributed by atoms with Crippen LogP contribution in [0.1, 0.15) is 29.7 Å². The van der Waals surface area contributed by atoms with Gasteiger partial charge in [0.2, 0.25) is 5.91 Å². The number of hydrogen-bond donors (Lipinski definition) is 2. The number of nitrogens with zero attached hydrogens (tertiary/aromatic N) is 3. The molecule has 2 aromatic rings. The standard InChI is InChI=1S/C18H27N5O2.ClH/c1-11-14(12(2)20-17-16(11)18(25)21-22(17)4)8-15(24)23-7-5-6-13(10-23)9-19-3;/h13,19H,5-10H2,1-4H3,(H,21,25);1H. The number of amides is 1. The van der Waals surface area contributed by atoms with E-state index in [0.29, 0.717) is 23.4 Å². The second kappa shape index (κ2) is 8.22. The van der Waals surface area contributed by atoms with E-state index in [2.05, 4.69) is 15.4 Å². The Morgan fingerprint density at radius 3 is 2.81 bits per heavy atom. The highest BCUT2D eigenvalue weighted by Gasteiger charge is 2.25. The Morgan fingerprint density at radius 1 is 1.38 bits per heavy atom. The number of hydrogen-bond acceptors (Lipinski definition) is 4. The molecule has 0 saturated carbocycles. The van der Waals surface area contributed by atoms with Gasteiger partial charge in [0, 0.05) is 25.8 Å². The number of carbonyl (C=O) groups excluding carboxylic acids is 1. The van der Waals surface area contributed by atoms with Gasteiger partial charge in [-0.05, 0) is 57.3 Å². The maximum absolute atomic E-state index is 12.8. The molecule has 3 rings (SSSR count). The Bertz CT molecular complexity index is 855. The molecule has 1 atom stereocenters. The minimum Gasteiger partial charge on any atom is -0.342 e. The SMILES string of the molecule is CNCC1CCCN(C(=O)Cc2c(C)nc3c(c2C)c(=O)[nH]n3C)C1.Cl. The van der Waals surface area contributed by atoms with Crippen LogP contribution in [-0.2, 0) is 18.3 Å². The molecule has 0 radical (unpaired) electrons. The Balaban J connectivity index is 0.00000243. The Labute approximate surface area is 159 Å². The molecule has 7 nitrogen and oxygen atoms in total. The smallest absolute Gasteiger partial charge is 0.273 e. The van der Waals surface area contributed by atoms with Gasteiger partial charge in [-0.2, -0.15) is 0 Å². The molecule has 2 N–H and O–H groups in total. The van der Waals surface area contributed by atoms with Crippen LogP contribution < -0.4 is 10.9 Å². The molecule has 144 valence electrons. The summed E-state index contributed by atoms with van der Waals surface area (Å²) in [6, 6.07) is 0. The number of halogens is 1. The van der Waals surface area contributed by atoms with Crippen LogP contribution in [0.3, 0.4) is 0 Å². The molecule has 1 aliphatic rings. The lowest BCUT2D eigenvalue weighted by molar-refractivity contribution is -0.132. The lowest BCUT2D eigenvalue weighted by atomic mass is 9.96. The number of aryl methyl sites for hydroxylation is 3. The zero-order valence-corrected chi connectivity index (χ0v) is 16.7. The molecule has 1 aliphatic heterocycles. The number of fused-ring (bicyclic) bond motifs is 1. The van der Waals surface area contributed by atoms with Crippen LogP contribution in [0, 0.1) is 19.8 Å². The van der Waals surface area contributed by atoms with Crippen LogP contribution in [0.5, 0.6) is 0 Å². The topological polar surface area (TPSA) is 83.0 Å². The zero-order valence-electron chi connectivity index (χ0n) is 15.9. The maximum atomic E-state index is 12.8. The minimum absolute atomic E-state index is 0. The third-order valence-corrected chi connectivity index (χ3v) is 5.27. The van der Waals surface area contributed by atoms with Gasteiger partial charge in [0.15, 0.2) is 5.65 Å². The summed E-state index contributed by atoms with van der Waals surface area (Å²) < 4.78 is 1.64. The Morgan fingerprint density at radius 2 is 2.12 bits per heavy atom. The predicted molar refractivity (Wildman–Crippen MR) is 105 cm³/mol. The van der Waals surface area contributed by atoms with Crippen LogP contribution in [0.4, 0.5) is 0 Å². The van der Waals surface area contributed by atoms with E-state index in [9.17, 15) is 9.59 Å². The van der Waals surface area contributed by atoms with Gasteiger partial charge in [-0.1, -0.05) is 0 Å². The van der Waals surface area contributed by atoms with Gasteiger partial charge in [0.25, 0.3) is 5.56 Å². The van der Waals surface area contributed by atoms with Crippen molar-refractivity contribution in [2.24, 2.45) is 13.0 Å². The first kappa shape index (κ1) is 20.5. The van der Waals surface area contributed by atoms with Gasteiger partial charge in [-0.25, -0.2) is 4.98 Å². The molecule has 1 fully saturated rings. The maximum Gasteiger partial charge on any atom is 0.273 e. The van der Waals surface area contributed by atoms with Crippen LogP contribution in [0.2, 0.25) is 0 Å². The molecule has 26 heavy (non-hydrogen) atoms. The van der Waals surface area contributed by atoms with E-state index in [1.165, 1.54) is 0 Å². The Kier molecular flexibility index (Phi) is 6.47. The number of aromatic amines is 1. The van der Waals surface area contributed by atoms with Crippen molar-refractivity contribution in [1.82, 2.24) is 25.0 Å². The summed E-state index contributed by atoms with van der Waals surface area (Å²) >= 11 is 0. The highest BCUT2D eigenvalue weighted by molar-refractivity contribution is 5.85. The molecule has 1 amide bonds. The third-order valence-electron chi connectivity index (χ3n) is 5.27. The lowest BCUT2D eigenvalue weighted by Gasteiger charge is -2.33. The summed E-state index contributed by atoms with van der Waals surface area (Å²) in [5.74, 6) is 0.642. The number of pyridine rings is 1. The second-order valence-electron chi connectivity index (χ2n) is 7.08. The van der Waals surface area contributed by atoms with Crippen LogP contribution in [0.15, 0.2) is 4.79 Å². The lowest BCUT2D eigenvalue weighted by Crippen LogP contribution is -2.43. The summed E-state index contributed by atoms with van der Waals surface area (Å²) in [6.45, 7) is 6.38. The van der Waals surface area contributed by atoms with Gasteiger partial charge in [-0.15, -0.1) is 12.4 Å². The number of nitrogens with one attached hydrogen (secondary N) is 2. The van der Waals surface area contributed by atoms with Crippen molar-refractivity contribution in [3.05, 3.63) is 27.2 Å². The molecule has 0 spiro atoms. The molecule has 0 aliphatic carbocycles. The zero-order chi connectivity index (χ0) is 18.1. The first-order chi connectivity index (χ1) is 11.9. The highest BCUT2D eigenvalue weighted by Crippen LogP contribution is 2.22. The van der Waals surface area contributed by atoms with Crippen molar-refractivity contribution in [1.29, 1.82) is 0 Å². The second-order valence-corrected chi connectivity index (χ2v) is 7.08. The van der Waals surface area contributed by atoms with E-state index in [1.54, 1.807) is 11.7 Å². The molecule has 0 bridgehead atoms. The molecule has 1 saturated heterocycles. The van der Waals surface area contributed by atoms with E-state index in [-0.39, 0.29) is 23.9 Å². The van der Waals surface area contributed by atoms with Crippen molar-refractivity contribution in [2.75, 3.05) is 26.7 Å². The molecular formula is C18H28ClN5O2. The van der Waals surface area contributed by atoms with E-state index in [1.807, 2.05) is 25.8 Å². The van der Waals surface area contributed by atoms with E-state index < -0.39 is 0 Å². The van der Waals surface area contributed by atoms with E-state index in [0.717, 1.165) is 49.3 Å². The van der Waals surface area contributed by atoms with Crippen molar-refractivity contribution in [2.45, 2.75) is 33.1 Å². The summed E-state index contributed by atoms with van der Waals surface area (Å²) in [4.78, 5) is 31.5. The van der Waals surface area contributed by atoms with Gasteiger partial charge in [0.05, 0.1) is 11.8 Å². The molecule has 2 aromatic heterocycles.